The smallest absolute Gasteiger partial charge is 0.270 e. The second kappa shape index (κ2) is 7.86. The first-order valence-corrected chi connectivity index (χ1v) is 8.36. The molecule has 0 aliphatic heterocycles. The Morgan fingerprint density at radius 2 is 1.85 bits per heavy atom. The van der Waals surface area contributed by atoms with Gasteiger partial charge in [0.2, 0.25) is 0 Å². The molecule has 0 aliphatic rings. The number of benzene rings is 1. The molecule has 27 heavy (non-hydrogen) atoms. The Labute approximate surface area is 154 Å². The summed E-state index contributed by atoms with van der Waals surface area (Å²) in [6.07, 6.45) is 1.34. The largest absolute Gasteiger partial charge is 0.349 e. The topological polar surface area (TPSA) is 89.8 Å². The van der Waals surface area contributed by atoms with Crippen molar-refractivity contribution in [2.24, 2.45) is 0 Å². The van der Waals surface area contributed by atoms with E-state index in [1.165, 1.54) is 29.2 Å². The molecule has 2 heterocycles. The summed E-state index contributed by atoms with van der Waals surface area (Å²) in [7, 11) is 0. The highest BCUT2D eigenvalue weighted by molar-refractivity contribution is 5.93. The van der Waals surface area contributed by atoms with Gasteiger partial charge in [-0.1, -0.05) is 0 Å². The molecule has 0 spiro atoms. The summed E-state index contributed by atoms with van der Waals surface area (Å²) < 4.78 is 14.3. The summed E-state index contributed by atoms with van der Waals surface area (Å²) in [5.74, 6) is -0.675. The number of aromatic nitrogens is 4. The van der Waals surface area contributed by atoms with Crippen molar-refractivity contribution in [3.63, 3.8) is 0 Å². The van der Waals surface area contributed by atoms with Gasteiger partial charge in [0.15, 0.2) is 0 Å². The van der Waals surface area contributed by atoms with E-state index >= 15 is 0 Å². The first-order valence-electron chi connectivity index (χ1n) is 8.36. The lowest BCUT2D eigenvalue weighted by Crippen LogP contribution is -2.32. The van der Waals surface area contributed by atoms with E-state index in [0.717, 1.165) is 5.69 Å². The van der Waals surface area contributed by atoms with Gasteiger partial charge in [0.05, 0.1) is 12.2 Å². The zero-order chi connectivity index (χ0) is 19.4. The van der Waals surface area contributed by atoms with Crippen LogP contribution in [-0.4, -0.2) is 32.2 Å². The second-order valence-electron chi connectivity index (χ2n) is 5.98. The van der Waals surface area contributed by atoms with Crippen molar-refractivity contribution in [2.45, 2.75) is 20.4 Å². The van der Waals surface area contributed by atoms with Crippen molar-refractivity contribution < 1.29 is 9.18 Å². The van der Waals surface area contributed by atoms with Crippen molar-refractivity contribution in [1.82, 2.24) is 25.1 Å². The Balaban J connectivity index is 1.70. The third-order valence-corrected chi connectivity index (χ3v) is 4.17. The van der Waals surface area contributed by atoms with E-state index in [9.17, 15) is 14.0 Å². The summed E-state index contributed by atoms with van der Waals surface area (Å²) in [6, 6.07) is 8.82. The first-order chi connectivity index (χ1) is 13.0. The number of carbonyl (C=O) groups excluding carboxylic acids is 1. The van der Waals surface area contributed by atoms with E-state index in [-0.39, 0.29) is 30.4 Å². The van der Waals surface area contributed by atoms with Crippen molar-refractivity contribution >= 4 is 5.91 Å². The second-order valence-corrected chi connectivity index (χ2v) is 5.98. The maximum absolute atomic E-state index is 13.1. The van der Waals surface area contributed by atoms with Crippen molar-refractivity contribution in [1.29, 1.82) is 0 Å². The molecule has 0 radical (unpaired) electrons. The molecule has 3 aromatic rings. The zero-order valence-electron chi connectivity index (χ0n) is 14.9. The van der Waals surface area contributed by atoms with Gasteiger partial charge in [-0.25, -0.2) is 19.0 Å². The van der Waals surface area contributed by atoms with Gasteiger partial charge < -0.3 is 5.32 Å². The molecule has 8 heteroatoms. The van der Waals surface area contributed by atoms with Crippen LogP contribution in [0.15, 0.2) is 47.5 Å². The lowest BCUT2D eigenvalue weighted by Gasteiger charge is -2.10. The number of aryl methyl sites for hydroxylation is 1. The minimum absolute atomic E-state index is 0.197. The Kier molecular flexibility index (Phi) is 5.35. The van der Waals surface area contributed by atoms with Gasteiger partial charge in [0.1, 0.15) is 17.8 Å². The number of amides is 1. The van der Waals surface area contributed by atoms with E-state index in [1.54, 1.807) is 32.0 Å². The van der Waals surface area contributed by atoms with E-state index < -0.39 is 0 Å². The minimum Gasteiger partial charge on any atom is -0.349 e. The highest BCUT2D eigenvalue weighted by Gasteiger charge is 2.12. The highest BCUT2D eigenvalue weighted by atomic mass is 19.1. The van der Waals surface area contributed by atoms with Gasteiger partial charge in [-0.15, -0.1) is 0 Å². The highest BCUT2D eigenvalue weighted by Crippen LogP contribution is 2.15. The van der Waals surface area contributed by atoms with E-state index in [4.69, 9.17) is 0 Å². The minimum atomic E-state index is -0.343. The van der Waals surface area contributed by atoms with Crippen LogP contribution < -0.4 is 10.9 Å². The van der Waals surface area contributed by atoms with E-state index in [1.807, 2.05) is 0 Å². The lowest BCUT2D eigenvalue weighted by molar-refractivity contribution is 0.0945. The molecule has 1 aromatic carbocycles. The predicted octanol–water partition coefficient (Wildman–Crippen LogP) is 1.89. The summed E-state index contributed by atoms with van der Waals surface area (Å²) >= 11 is 0. The third kappa shape index (κ3) is 4.22. The molecule has 3 rings (SSSR count). The number of hydrogen-bond donors (Lipinski definition) is 1. The fraction of sp³-hybridized carbons (Fsp3) is 0.211. The third-order valence-electron chi connectivity index (χ3n) is 4.17. The zero-order valence-corrected chi connectivity index (χ0v) is 14.9. The van der Waals surface area contributed by atoms with Crippen LogP contribution in [0.1, 0.15) is 21.7 Å². The summed E-state index contributed by atoms with van der Waals surface area (Å²) in [5, 5.41) is 7.01. The molecule has 2 aromatic heterocycles. The molecule has 7 nitrogen and oxygen atoms in total. The van der Waals surface area contributed by atoms with Gasteiger partial charge in [0.25, 0.3) is 11.5 Å². The molecular formula is C19H18FN5O2. The Morgan fingerprint density at radius 1 is 1.11 bits per heavy atom. The van der Waals surface area contributed by atoms with Crippen LogP contribution in [0.2, 0.25) is 0 Å². The van der Waals surface area contributed by atoms with Gasteiger partial charge in [-0.2, -0.15) is 5.10 Å². The number of carbonyl (C=O) groups is 1. The number of halogens is 1. The van der Waals surface area contributed by atoms with Crippen molar-refractivity contribution in [3.8, 4) is 11.3 Å². The number of hydrogen-bond acceptors (Lipinski definition) is 5. The van der Waals surface area contributed by atoms with Crippen LogP contribution in [0.4, 0.5) is 4.39 Å². The van der Waals surface area contributed by atoms with Crippen LogP contribution in [0.5, 0.6) is 0 Å². The Bertz CT molecular complexity index is 1030. The van der Waals surface area contributed by atoms with Crippen molar-refractivity contribution in [3.05, 3.63) is 75.8 Å². The van der Waals surface area contributed by atoms with Gasteiger partial charge in [-0.05, 0) is 44.2 Å². The lowest BCUT2D eigenvalue weighted by atomic mass is 10.1. The molecule has 138 valence electrons. The Morgan fingerprint density at radius 3 is 2.59 bits per heavy atom. The molecule has 0 saturated heterocycles. The maximum atomic E-state index is 13.1. The average molecular weight is 367 g/mol. The maximum Gasteiger partial charge on any atom is 0.270 e. The molecule has 0 unspecified atom stereocenters. The van der Waals surface area contributed by atoms with E-state index in [2.05, 4.69) is 20.4 Å². The molecule has 0 atom stereocenters. The average Bonchev–Trinajstić information content (AvgIpc) is 2.66. The van der Waals surface area contributed by atoms with Gasteiger partial charge in [0, 0.05) is 29.4 Å². The standard InChI is InChI=1S/C19H18FN5O2/c1-12-13(2)22-11-23-18(12)19(27)21-9-10-25-17(26)8-7-16(24-25)14-3-5-15(20)6-4-14/h3-8,11H,9-10H2,1-2H3,(H,21,27). The molecule has 1 N–H and O–H groups in total. The normalized spacial score (nSPS) is 10.6. The summed E-state index contributed by atoms with van der Waals surface area (Å²) in [6.45, 7) is 3.99. The molecule has 0 bridgehead atoms. The van der Waals surface area contributed by atoms with Gasteiger partial charge in [-0.3, -0.25) is 9.59 Å². The summed E-state index contributed by atoms with van der Waals surface area (Å²) in [5.41, 5.74) is 2.71. The molecule has 0 fully saturated rings. The fourth-order valence-electron chi connectivity index (χ4n) is 2.51. The number of rotatable bonds is 5. The Hall–Kier alpha value is -3.42. The van der Waals surface area contributed by atoms with Crippen LogP contribution in [-0.2, 0) is 6.54 Å². The quantitative estimate of drug-likeness (QED) is 0.744. The molecular weight excluding hydrogens is 349 g/mol. The molecule has 0 aliphatic carbocycles. The monoisotopic (exact) mass is 367 g/mol. The molecule has 0 saturated carbocycles. The van der Waals surface area contributed by atoms with Crippen LogP contribution in [0, 0.1) is 19.7 Å². The molecule has 1 amide bonds. The van der Waals surface area contributed by atoms with Crippen LogP contribution in [0.25, 0.3) is 11.3 Å². The van der Waals surface area contributed by atoms with Gasteiger partial charge >= 0.3 is 0 Å². The SMILES string of the molecule is Cc1ncnc(C(=O)NCCn2nc(-c3ccc(F)cc3)ccc2=O)c1C. The predicted molar refractivity (Wildman–Crippen MR) is 97.7 cm³/mol. The fourth-order valence-corrected chi connectivity index (χ4v) is 2.51. The summed E-state index contributed by atoms with van der Waals surface area (Å²) in [4.78, 5) is 32.3. The first kappa shape index (κ1) is 18.4. The number of nitrogens with zero attached hydrogens (tertiary/aromatic N) is 4. The van der Waals surface area contributed by atoms with Crippen molar-refractivity contribution in [2.75, 3.05) is 6.54 Å². The number of nitrogens with one attached hydrogen (secondary N) is 1. The van der Waals surface area contributed by atoms with Crippen LogP contribution >= 0.6 is 0 Å². The van der Waals surface area contributed by atoms with Crippen LogP contribution in [0.3, 0.4) is 0 Å². The van der Waals surface area contributed by atoms with E-state index in [0.29, 0.717) is 22.5 Å².